The Bertz CT molecular complexity index is 713. The summed E-state index contributed by atoms with van der Waals surface area (Å²) in [5, 5.41) is 0.499. The van der Waals surface area contributed by atoms with Crippen LogP contribution in [0.1, 0.15) is 43.7 Å². The maximum Gasteiger partial charge on any atom is 0.379 e. The average Bonchev–Trinajstić information content (AvgIpc) is 3.07. The fourth-order valence-corrected chi connectivity index (χ4v) is 2.14. The third-order valence-corrected chi connectivity index (χ3v) is 3.30. The number of aromatic nitrogens is 1. The number of hydrogen-bond donors (Lipinski definition) is 1. The van der Waals surface area contributed by atoms with Gasteiger partial charge in [-0.25, -0.2) is 4.79 Å². The molecular weight excluding hydrogens is 272 g/mol. The van der Waals surface area contributed by atoms with Gasteiger partial charge in [0.25, 0.3) is 11.8 Å². The van der Waals surface area contributed by atoms with E-state index in [2.05, 4.69) is 4.98 Å². The maximum absolute atomic E-state index is 12.1. The third-order valence-electron chi connectivity index (χ3n) is 3.30. The number of rotatable bonds is 3. The van der Waals surface area contributed by atoms with Crippen molar-refractivity contribution in [1.29, 1.82) is 0 Å². The number of fused-ring (bicyclic) bond motifs is 1. The topological polar surface area (TPSA) is 79.5 Å². The van der Waals surface area contributed by atoms with Crippen molar-refractivity contribution in [3.8, 4) is 0 Å². The highest BCUT2D eigenvalue weighted by molar-refractivity contribution is 6.21. The molecule has 1 aromatic heterocycles. The third kappa shape index (κ3) is 2.10. The second-order valence-electron chi connectivity index (χ2n) is 4.60. The average molecular weight is 284 g/mol. The number of carbonyl (C=O) groups excluding carboxylic acids is 3. The van der Waals surface area contributed by atoms with Crippen molar-refractivity contribution in [2.24, 2.45) is 0 Å². The number of aryl methyl sites for hydroxylation is 1. The van der Waals surface area contributed by atoms with Crippen molar-refractivity contribution in [3.05, 3.63) is 58.9 Å². The van der Waals surface area contributed by atoms with Gasteiger partial charge in [0, 0.05) is 6.20 Å². The summed E-state index contributed by atoms with van der Waals surface area (Å²) in [6.07, 6.45) is 2.44. The highest BCUT2D eigenvalue weighted by Gasteiger charge is 2.38. The lowest BCUT2D eigenvalue weighted by Gasteiger charge is -2.11. The molecule has 3 rings (SSSR count). The molecule has 0 bridgehead atoms. The van der Waals surface area contributed by atoms with Gasteiger partial charge in [0.15, 0.2) is 0 Å². The first kappa shape index (κ1) is 13.1. The fourth-order valence-electron chi connectivity index (χ4n) is 2.14. The van der Waals surface area contributed by atoms with Crippen LogP contribution >= 0.6 is 0 Å². The summed E-state index contributed by atoms with van der Waals surface area (Å²) in [6.45, 7) is 1.95. The minimum atomic E-state index is -0.774. The number of imide groups is 1. The van der Waals surface area contributed by atoms with E-state index < -0.39 is 17.8 Å². The molecule has 1 N–H and O–H groups in total. The van der Waals surface area contributed by atoms with Gasteiger partial charge in [-0.3, -0.25) is 9.59 Å². The van der Waals surface area contributed by atoms with E-state index in [0.717, 1.165) is 12.0 Å². The summed E-state index contributed by atoms with van der Waals surface area (Å²) >= 11 is 0. The molecule has 0 spiro atoms. The molecule has 21 heavy (non-hydrogen) atoms. The summed E-state index contributed by atoms with van der Waals surface area (Å²) in [5.41, 5.74) is 1.60. The van der Waals surface area contributed by atoms with Gasteiger partial charge in [-0.15, -0.1) is 0 Å². The van der Waals surface area contributed by atoms with E-state index in [1.807, 2.05) is 6.92 Å². The number of carbonyl (C=O) groups is 3. The van der Waals surface area contributed by atoms with Gasteiger partial charge in [0.1, 0.15) is 5.69 Å². The molecule has 1 aliphatic rings. The molecule has 0 radical (unpaired) electrons. The predicted octanol–water partition coefficient (Wildman–Crippen LogP) is 1.95. The molecule has 2 amide bonds. The molecule has 0 saturated heterocycles. The van der Waals surface area contributed by atoms with Crippen LogP contribution in [-0.4, -0.2) is 27.8 Å². The van der Waals surface area contributed by atoms with Gasteiger partial charge >= 0.3 is 5.97 Å². The lowest BCUT2D eigenvalue weighted by Crippen LogP contribution is -2.32. The zero-order valence-electron chi connectivity index (χ0n) is 11.3. The number of benzene rings is 1. The van der Waals surface area contributed by atoms with Crippen molar-refractivity contribution >= 4 is 17.8 Å². The van der Waals surface area contributed by atoms with Crippen LogP contribution < -0.4 is 0 Å². The summed E-state index contributed by atoms with van der Waals surface area (Å²) in [4.78, 5) is 43.8. The quantitative estimate of drug-likeness (QED) is 0.874. The number of aromatic amines is 1. The smallest absolute Gasteiger partial charge is 0.355 e. The van der Waals surface area contributed by atoms with Crippen LogP contribution in [-0.2, 0) is 11.3 Å². The van der Waals surface area contributed by atoms with Crippen molar-refractivity contribution in [2.45, 2.75) is 13.3 Å². The van der Waals surface area contributed by atoms with Crippen molar-refractivity contribution in [2.75, 3.05) is 0 Å². The molecule has 0 unspecified atom stereocenters. The second-order valence-corrected chi connectivity index (χ2v) is 4.60. The van der Waals surface area contributed by atoms with E-state index in [4.69, 9.17) is 4.84 Å². The Morgan fingerprint density at radius 2 is 1.81 bits per heavy atom. The second kappa shape index (κ2) is 4.90. The highest BCUT2D eigenvalue weighted by atomic mass is 16.7. The van der Waals surface area contributed by atoms with Crippen molar-refractivity contribution < 1.29 is 19.2 Å². The van der Waals surface area contributed by atoms with Crippen LogP contribution in [0.2, 0.25) is 0 Å². The van der Waals surface area contributed by atoms with Crippen LogP contribution in [0.5, 0.6) is 0 Å². The predicted molar refractivity (Wildman–Crippen MR) is 72.5 cm³/mol. The largest absolute Gasteiger partial charge is 0.379 e. The standard InChI is InChI=1S/C15H12N2O4/c1-2-9-7-12(16-8-9)15(20)21-17-13(18)10-5-3-4-6-11(10)14(17)19/h3-8,16H,2H2,1H3. The van der Waals surface area contributed by atoms with E-state index in [1.165, 1.54) is 12.1 Å². The van der Waals surface area contributed by atoms with Gasteiger partial charge in [-0.1, -0.05) is 24.1 Å². The summed E-state index contributed by atoms with van der Waals surface area (Å²) < 4.78 is 0. The van der Waals surface area contributed by atoms with Gasteiger partial charge in [-0.05, 0) is 30.2 Å². The number of nitrogens with one attached hydrogen (secondary N) is 1. The molecular formula is C15H12N2O4. The van der Waals surface area contributed by atoms with Gasteiger partial charge in [0.05, 0.1) is 11.1 Å². The highest BCUT2D eigenvalue weighted by Crippen LogP contribution is 2.23. The number of hydrogen-bond acceptors (Lipinski definition) is 4. The lowest BCUT2D eigenvalue weighted by atomic mass is 10.1. The molecule has 0 fully saturated rings. The number of nitrogens with zero attached hydrogens (tertiary/aromatic N) is 1. The first-order chi connectivity index (χ1) is 10.1. The van der Waals surface area contributed by atoms with Crippen LogP contribution in [0.4, 0.5) is 0 Å². The molecule has 0 saturated carbocycles. The van der Waals surface area contributed by atoms with Gasteiger partial charge < -0.3 is 9.82 Å². The molecule has 1 aromatic carbocycles. The summed E-state index contributed by atoms with van der Waals surface area (Å²) in [5.74, 6) is -2.04. The summed E-state index contributed by atoms with van der Waals surface area (Å²) in [6, 6.07) is 7.96. The van der Waals surface area contributed by atoms with Gasteiger partial charge in [0.2, 0.25) is 0 Å². The monoisotopic (exact) mass is 284 g/mol. The molecule has 6 heteroatoms. The van der Waals surface area contributed by atoms with Crippen molar-refractivity contribution in [3.63, 3.8) is 0 Å². The molecule has 2 heterocycles. The minimum Gasteiger partial charge on any atom is -0.355 e. The van der Waals surface area contributed by atoms with E-state index in [1.54, 1.807) is 24.4 Å². The number of amides is 2. The minimum absolute atomic E-state index is 0.198. The molecule has 0 aliphatic carbocycles. The number of hydroxylamine groups is 2. The Morgan fingerprint density at radius 3 is 2.33 bits per heavy atom. The SMILES string of the molecule is CCc1c[nH]c(C(=O)ON2C(=O)c3ccccc3C2=O)c1. The van der Waals surface area contributed by atoms with Gasteiger partial charge in [-0.2, -0.15) is 0 Å². The Hall–Kier alpha value is -2.89. The molecule has 106 valence electrons. The van der Waals surface area contributed by atoms with E-state index in [9.17, 15) is 14.4 Å². The van der Waals surface area contributed by atoms with E-state index >= 15 is 0 Å². The molecule has 6 nitrogen and oxygen atoms in total. The maximum atomic E-state index is 12.1. The Kier molecular flexibility index (Phi) is 3.06. The van der Waals surface area contributed by atoms with E-state index in [-0.39, 0.29) is 16.8 Å². The zero-order chi connectivity index (χ0) is 15.0. The summed E-state index contributed by atoms with van der Waals surface area (Å²) in [7, 11) is 0. The Balaban J connectivity index is 1.82. The first-order valence-electron chi connectivity index (χ1n) is 6.49. The Morgan fingerprint density at radius 1 is 1.19 bits per heavy atom. The molecule has 2 aromatic rings. The van der Waals surface area contributed by atoms with Crippen molar-refractivity contribution in [1.82, 2.24) is 10.0 Å². The van der Waals surface area contributed by atoms with Crippen LogP contribution in [0.15, 0.2) is 36.5 Å². The fraction of sp³-hybridized carbons (Fsp3) is 0.133. The normalized spacial score (nSPS) is 13.5. The lowest BCUT2D eigenvalue weighted by molar-refractivity contribution is -0.0588. The Labute approximate surface area is 120 Å². The number of H-pyrrole nitrogens is 1. The van der Waals surface area contributed by atoms with Crippen LogP contribution in [0, 0.1) is 0 Å². The van der Waals surface area contributed by atoms with Crippen LogP contribution in [0.25, 0.3) is 0 Å². The first-order valence-corrected chi connectivity index (χ1v) is 6.49. The van der Waals surface area contributed by atoms with E-state index in [0.29, 0.717) is 5.06 Å². The molecule has 0 atom stereocenters. The zero-order valence-corrected chi connectivity index (χ0v) is 11.3. The van der Waals surface area contributed by atoms with Crippen LogP contribution in [0.3, 0.4) is 0 Å². The molecule has 1 aliphatic heterocycles.